The van der Waals surface area contributed by atoms with E-state index in [0.29, 0.717) is 19.3 Å². The molecule has 0 bridgehead atoms. The summed E-state index contributed by atoms with van der Waals surface area (Å²) in [5.74, 6) is -0.109. The van der Waals surface area contributed by atoms with Crippen molar-refractivity contribution in [3.63, 3.8) is 0 Å². The molecular weight excluding hydrogens is 230 g/mol. The van der Waals surface area contributed by atoms with E-state index >= 15 is 0 Å². The molecule has 1 saturated carbocycles. The summed E-state index contributed by atoms with van der Waals surface area (Å²) in [5, 5.41) is 9.66. The summed E-state index contributed by atoms with van der Waals surface area (Å²) >= 11 is 0. The minimum absolute atomic E-state index is 0.0252. The summed E-state index contributed by atoms with van der Waals surface area (Å²) in [5.41, 5.74) is -1.11. The minimum atomic E-state index is -0.680. The van der Waals surface area contributed by atoms with Crippen LogP contribution in [-0.2, 0) is 9.59 Å². The van der Waals surface area contributed by atoms with Crippen molar-refractivity contribution in [2.24, 2.45) is 5.41 Å². The van der Waals surface area contributed by atoms with E-state index in [0.717, 1.165) is 25.7 Å². The lowest BCUT2D eigenvalue weighted by Crippen LogP contribution is -2.54. The smallest absolute Gasteiger partial charge is 0.236 e. The van der Waals surface area contributed by atoms with Gasteiger partial charge >= 0.3 is 0 Å². The highest BCUT2D eigenvalue weighted by atomic mass is 16.3. The molecule has 1 aliphatic carbocycles. The Hall–Kier alpha value is -0.900. The minimum Gasteiger partial charge on any atom is -0.394 e. The van der Waals surface area contributed by atoms with Gasteiger partial charge in [-0.1, -0.05) is 26.7 Å². The quantitative estimate of drug-likeness (QED) is 0.778. The first-order valence-corrected chi connectivity index (χ1v) is 7.03. The molecule has 4 heteroatoms. The maximum atomic E-state index is 12.7. The second-order valence-electron chi connectivity index (χ2n) is 5.79. The number of imide groups is 1. The highest BCUT2D eigenvalue weighted by Crippen LogP contribution is 2.49. The van der Waals surface area contributed by atoms with E-state index in [1.54, 1.807) is 0 Å². The van der Waals surface area contributed by atoms with E-state index in [9.17, 15) is 14.7 Å². The predicted octanol–water partition coefficient (Wildman–Crippen LogP) is 1.86. The molecule has 0 radical (unpaired) electrons. The van der Waals surface area contributed by atoms with Gasteiger partial charge in [0.25, 0.3) is 0 Å². The van der Waals surface area contributed by atoms with Crippen molar-refractivity contribution < 1.29 is 14.7 Å². The zero-order chi connectivity index (χ0) is 13.4. The van der Waals surface area contributed by atoms with Crippen LogP contribution in [0.2, 0.25) is 0 Å². The molecule has 102 valence electrons. The molecule has 4 nitrogen and oxygen atoms in total. The third-order valence-corrected chi connectivity index (χ3v) is 5.04. The largest absolute Gasteiger partial charge is 0.394 e. The molecule has 18 heavy (non-hydrogen) atoms. The van der Waals surface area contributed by atoms with Crippen molar-refractivity contribution >= 4 is 11.8 Å². The molecule has 1 N–H and O–H groups in total. The van der Waals surface area contributed by atoms with E-state index in [2.05, 4.69) is 0 Å². The Bertz CT molecular complexity index is 346. The molecule has 2 fully saturated rings. The van der Waals surface area contributed by atoms with Crippen LogP contribution < -0.4 is 0 Å². The fourth-order valence-electron chi connectivity index (χ4n) is 3.58. The topological polar surface area (TPSA) is 57.6 Å². The number of carbonyl (C=O) groups excluding carboxylic acids is 2. The lowest BCUT2D eigenvalue weighted by Gasteiger charge is -2.38. The molecule has 0 aromatic carbocycles. The Labute approximate surface area is 108 Å². The van der Waals surface area contributed by atoms with Crippen molar-refractivity contribution in [2.75, 3.05) is 6.61 Å². The van der Waals surface area contributed by atoms with Crippen LogP contribution in [0, 0.1) is 5.41 Å². The van der Waals surface area contributed by atoms with Gasteiger partial charge in [-0.05, 0) is 25.7 Å². The number of carbonyl (C=O) groups is 2. The van der Waals surface area contributed by atoms with Gasteiger partial charge in [-0.25, -0.2) is 0 Å². The Kier molecular flexibility index (Phi) is 3.49. The van der Waals surface area contributed by atoms with Gasteiger partial charge in [0.1, 0.15) is 0 Å². The first kappa shape index (κ1) is 13.5. The zero-order valence-corrected chi connectivity index (χ0v) is 11.4. The van der Waals surface area contributed by atoms with E-state index < -0.39 is 11.0 Å². The molecule has 0 aromatic heterocycles. The van der Waals surface area contributed by atoms with E-state index in [-0.39, 0.29) is 18.4 Å². The Balaban J connectivity index is 2.34. The maximum Gasteiger partial charge on any atom is 0.236 e. The zero-order valence-electron chi connectivity index (χ0n) is 11.4. The molecule has 2 rings (SSSR count). The van der Waals surface area contributed by atoms with Gasteiger partial charge in [-0.2, -0.15) is 0 Å². The highest BCUT2D eigenvalue weighted by Gasteiger charge is 2.57. The lowest BCUT2D eigenvalue weighted by atomic mass is 9.84. The van der Waals surface area contributed by atoms with E-state index in [4.69, 9.17) is 0 Å². The standard InChI is InChI=1S/C14H23NO3/c1-3-14(4-2,10-16)15-11(17)9-13(12(15)18)7-5-6-8-13/h16H,3-10H2,1-2H3. The highest BCUT2D eigenvalue weighted by molar-refractivity contribution is 6.06. The number of rotatable bonds is 4. The van der Waals surface area contributed by atoms with Crippen LogP contribution in [-0.4, -0.2) is 34.0 Å². The SMILES string of the molecule is CCC(CC)(CO)N1C(=O)CC2(CCCC2)C1=O. The number of amides is 2. The number of likely N-dealkylation sites (tertiary alicyclic amines) is 1. The third-order valence-electron chi connectivity index (χ3n) is 5.04. The second-order valence-corrected chi connectivity index (χ2v) is 5.79. The summed E-state index contributed by atoms with van der Waals surface area (Å²) in [6, 6.07) is 0. The van der Waals surface area contributed by atoms with Crippen molar-refractivity contribution in [3.05, 3.63) is 0 Å². The van der Waals surface area contributed by atoms with Crippen LogP contribution in [0.5, 0.6) is 0 Å². The molecule has 2 aliphatic rings. The van der Waals surface area contributed by atoms with Crippen LogP contribution in [0.1, 0.15) is 58.8 Å². The Morgan fingerprint density at radius 1 is 1.22 bits per heavy atom. The maximum absolute atomic E-state index is 12.7. The number of aliphatic hydroxyl groups excluding tert-OH is 1. The van der Waals surface area contributed by atoms with Gasteiger partial charge < -0.3 is 5.11 Å². The fourth-order valence-corrected chi connectivity index (χ4v) is 3.58. The van der Waals surface area contributed by atoms with E-state index in [1.165, 1.54) is 4.90 Å². The molecule has 1 aliphatic heterocycles. The average Bonchev–Trinajstić information content (AvgIpc) is 2.93. The first-order valence-electron chi connectivity index (χ1n) is 7.03. The molecule has 1 spiro atoms. The fraction of sp³-hybridized carbons (Fsp3) is 0.857. The van der Waals surface area contributed by atoms with Gasteiger partial charge in [0.15, 0.2) is 0 Å². The Morgan fingerprint density at radius 3 is 2.22 bits per heavy atom. The second kappa shape index (κ2) is 4.65. The summed E-state index contributed by atoms with van der Waals surface area (Å²) in [6.07, 6.45) is 5.34. The summed E-state index contributed by atoms with van der Waals surface area (Å²) in [4.78, 5) is 26.3. The Morgan fingerprint density at radius 2 is 1.78 bits per heavy atom. The third kappa shape index (κ3) is 1.69. The van der Waals surface area contributed by atoms with Crippen molar-refractivity contribution in [3.8, 4) is 0 Å². The monoisotopic (exact) mass is 253 g/mol. The number of hydrogen-bond acceptors (Lipinski definition) is 3. The molecule has 0 unspecified atom stereocenters. The van der Waals surface area contributed by atoms with Crippen LogP contribution >= 0.6 is 0 Å². The predicted molar refractivity (Wildman–Crippen MR) is 67.8 cm³/mol. The summed E-state index contributed by atoms with van der Waals surface area (Å²) in [6.45, 7) is 3.73. The number of hydrogen-bond donors (Lipinski definition) is 1. The molecule has 1 heterocycles. The van der Waals surface area contributed by atoms with Gasteiger partial charge in [0, 0.05) is 6.42 Å². The van der Waals surface area contributed by atoms with Crippen LogP contribution in [0.25, 0.3) is 0 Å². The number of aliphatic hydroxyl groups is 1. The normalized spacial score (nSPS) is 23.4. The van der Waals surface area contributed by atoms with E-state index in [1.807, 2.05) is 13.8 Å². The van der Waals surface area contributed by atoms with Gasteiger partial charge in [-0.15, -0.1) is 0 Å². The number of nitrogens with zero attached hydrogens (tertiary/aromatic N) is 1. The first-order chi connectivity index (χ1) is 8.55. The summed E-state index contributed by atoms with van der Waals surface area (Å²) < 4.78 is 0. The average molecular weight is 253 g/mol. The molecule has 2 amide bonds. The van der Waals surface area contributed by atoms with Crippen molar-refractivity contribution in [2.45, 2.75) is 64.3 Å². The molecule has 0 aromatic rings. The lowest BCUT2D eigenvalue weighted by molar-refractivity contribution is -0.151. The van der Waals surface area contributed by atoms with Crippen molar-refractivity contribution in [1.82, 2.24) is 4.90 Å². The van der Waals surface area contributed by atoms with Gasteiger partial charge in [0.2, 0.25) is 11.8 Å². The molecule has 1 saturated heterocycles. The van der Waals surface area contributed by atoms with Crippen LogP contribution in [0.15, 0.2) is 0 Å². The van der Waals surface area contributed by atoms with Crippen LogP contribution in [0.3, 0.4) is 0 Å². The van der Waals surface area contributed by atoms with Crippen LogP contribution in [0.4, 0.5) is 0 Å². The van der Waals surface area contributed by atoms with Gasteiger partial charge in [-0.3, -0.25) is 14.5 Å². The molecule has 0 atom stereocenters. The van der Waals surface area contributed by atoms with Crippen molar-refractivity contribution in [1.29, 1.82) is 0 Å². The van der Waals surface area contributed by atoms with Gasteiger partial charge in [0.05, 0.1) is 17.6 Å². The molecular formula is C14H23NO3. The summed E-state index contributed by atoms with van der Waals surface area (Å²) in [7, 11) is 0.